The number of halogens is 1. The number of aliphatic hydroxyl groups is 1. The van der Waals surface area contributed by atoms with E-state index < -0.39 is 18.0 Å². The van der Waals surface area contributed by atoms with Crippen LogP contribution in [0.4, 0.5) is 0 Å². The lowest BCUT2D eigenvalue weighted by Gasteiger charge is -2.17. The van der Waals surface area contributed by atoms with Gasteiger partial charge in [0.2, 0.25) is 0 Å². The van der Waals surface area contributed by atoms with E-state index in [1.54, 1.807) is 0 Å². The molecule has 0 aliphatic carbocycles. The highest BCUT2D eigenvalue weighted by Crippen LogP contribution is 2.35. The van der Waals surface area contributed by atoms with Crippen LogP contribution in [0.15, 0.2) is 10.5 Å². The van der Waals surface area contributed by atoms with E-state index in [4.69, 9.17) is 5.11 Å². The van der Waals surface area contributed by atoms with Gasteiger partial charge in [0.25, 0.3) is 0 Å². The van der Waals surface area contributed by atoms with Gasteiger partial charge in [0.15, 0.2) is 0 Å². The minimum Gasteiger partial charge on any atom is -0.481 e. The molecule has 1 heterocycles. The van der Waals surface area contributed by atoms with Crippen LogP contribution in [-0.4, -0.2) is 16.2 Å². The van der Waals surface area contributed by atoms with Crippen molar-refractivity contribution in [1.29, 1.82) is 0 Å². The highest BCUT2D eigenvalue weighted by molar-refractivity contribution is 9.10. The van der Waals surface area contributed by atoms with Gasteiger partial charge >= 0.3 is 5.97 Å². The summed E-state index contributed by atoms with van der Waals surface area (Å²) >= 11 is 4.82. The maximum atomic E-state index is 11.1. The van der Waals surface area contributed by atoms with E-state index in [0.29, 0.717) is 6.42 Å². The molecule has 1 aromatic rings. The van der Waals surface area contributed by atoms with Crippen LogP contribution in [0, 0.1) is 12.8 Å². The number of hydrogen-bond donors (Lipinski definition) is 2. The fourth-order valence-corrected chi connectivity index (χ4v) is 3.28. The smallest absolute Gasteiger partial charge is 0.309 e. The summed E-state index contributed by atoms with van der Waals surface area (Å²) in [5, 5.41) is 19.3. The van der Waals surface area contributed by atoms with E-state index in [-0.39, 0.29) is 0 Å². The number of carboxylic acid groups (broad SMARTS) is 1. The van der Waals surface area contributed by atoms with Crippen molar-refractivity contribution in [2.24, 2.45) is 5.92 Å². The number of carbonyl (C=O) groups is 1. The molecular weight excluding hydrogens is 304 g/mol. The van der Waals surface area contributed by atoms with Crippen molar-refractivity contribution in [1.82, 2.24) is 0 Å². The lowest BCUT2D eigenvalue weighted by atomic mass is 9.95. The second kappa shape index (κ2) is 6.52. The number of thiophene rings is 1. The van der Waals surface area contributed by atoms with E-state index in [1.165, 1.54) is 11.3 Å². The second-order valence-corrected chi connectivity index (χ2v) is 6.23. The zero-order valence-corrected chi connectivity index (χ0v) is 12.3. The van der Waals surface area contributed by atoms with Crippen molar-refractivity contribution < 1.29 is 15.0 Å². The van der Waals surface area contributed by atoms with Crippen molar-refractivity contribution in [2.75, 3.05) is 0 Å². The Balaban J connectivity index is 2.83. The summed E-state index contributed by atoms with van der Waals surface area (Å²) in [5.41, 5.74) is 0. The number of carboxylic acids is 1. The fraction of sp³-hybridized carbons (Fsp3) is 0.583. The molecule has 0 saturated carbocycles. The van der Waals surface area contributed by atoms with Gasteiger partial charge in [-0.15, -0.1) is 11.3 Å². The van der Waals surface area contributed by atoms with E-state index in [0.717, 1.165) is 27.1 Å². The van der Waals surface area contributed by atoms with Crippen LogP contribution >= 0.6 is 27.3 Å². The van der Waals surface area contributed by atoms with Crippen LogP contribution in [0.5, 0.6) is 0 Å². The minimum atomic E-state index is -0.923. The van der Waals surface area contributed by atoms with Crippen LogP contribution < -0.4 is 0 Å². The second-order valence-electron chi connectivity index (χ2n) is 4.08. The highest BCUT2D eigenvalue weighted by Gasteiger charge is 2.28. The number of aryl methyl sites for hydroxylation is 1. The quantitative estimate of drug-likeness (QED) is 0.839. The highest BCUT2D eigenvalue weighted by atomic mass is 79.9. The fourth-order valence-electron chi connectivity index (χ4n) is 1.67. The Bertz CT molecular complexity index is 370. The van der Waals surface area contributed by atoms with Gasteiger partial charge in [0.1, 0.15) is 6.10 Å². The molecule has 17 heavy (non-hydrogen) atoms. The Hall–Kier alpha value is -0.390. The maximum Gasteiger partial charge on any atom is 0.309 e. The number of aliphatic hydroxyl groups excluding tert-OH is 1. The Morgan fingerprint density at radius 1 is 1.59 bits per heavy atom. The third-order valence-electron chi connectivity index (χ3n) is 2.73. The molecule has 0 amide bonds. The number of rotatable bonds is 6. The van der Waals surface area contributed by atoms with Crippen LogP contribution in [0.3, 0.4) is 0 Å². The Labute approximate surface area is 114 Å². The summed E-state index contributed by atoms with van der Waals surface area (Å²) in [5.74, 6) is -1.63. The summed E-state index contributed by atoms with van der Waals surface area (Å²) in [6.07, 6.45) is 1.36. The van der Waals surface area contributed by atoms with Gasteiger partial charge in [-0.3, -0.25) is 4.79 Å². The first-order valence-electron chi connectivity index (χ1n) is 5.64. The van der Waals surface area contributed by atoms with E-state index in [2.05, 4.69) is 15.9 Å². The van der Waals surface area contributed by atoms with Crippen molar-refractivity contribution >= 4 is 33.2 Å². The summed E-state index contributed by atoms with van der Waals surface area (Å²) in [6.45, 7) is 3.95. The molecule has 0 aliphatic rings. The summed E-state index contributed by atoms with van der Waals surface area (Å²) in [7, 11) is 0. The Morgan fingerprint density at radius 2 is 2.24 bits per heavy atom. The summed E-state index contributed by atoms with van der Waals surface area (Å²) in [6, 6.07) is 1.81. The van der Waals surface area contributed by atoms with Crippen molar-refractivity contribution in [3.8, 4) is 0 Å². The molecule has 0 aromatic carbocycles. The topological polar surface area (TPSA) is 57.5 Å². The molecule has 96 valence electrons. The first-order chi connectivity index (χ1) is 7.97. The molecule has 2 N–H and O–H groups in total. The predicted molar refractivity (Wildman–Crippen MR) is 72.4 cm³/mol. The molecule has 0 fully saturated rings. The predicted octanol–water partition coefficient (Wildman–Crippen LogP) is 3.74. The average Bonchev–Trinajstić information content (AvgIpc) is 2.59. The normalized spacial score (nSPS) is 14.6. The summed E-state index contributed by atoms with van der Waals surface area (Å²) < 4.78 is 0.927. The standard InChI is InChI=1S/C12H17BrO3S/c1-3-4-5-8(12(15)16)11(14)10-6-9(13)7(2)17-10/h6,8,11,14H,3-5H2,1-2H3,(H,15,16). The van der Waals surface area contributed by atoms with Gasteiger partial charge in [-0.2, -0.15) is 0 Å². The van der Waals surface area contributed by atoms with Crippen molar-refractivity contribution in [2.45, 2.75) is 39.2 Å². The van der Waals surface area contributed by atoms with E-state index >= 15 is 0 Å². The Kier molecular flexibility index (Phi) is 5.62. The van der Waals surface area contributed by atoms with Gasteiger partial charge in [-0.05, 0) is 35.3 Å². The van der Waals surface area contributed by atoms with Gasteiger partial charge < -0.3 is 10.2 Å². The van der Waals surface area contributed by atoms with Crippen LogP contribution in [0.1, 0.15) is 42.0 Å². The molecule has 3 nitrogen and oxygen atoms in total. The Morgan fingerprint density at radius 3 is 2.65 bits per heavy atom. The lowest BCUT2D eigenvalue weighted by Crippen LogP contribution is -2.21. The first-order valence-corrected chi connectivity index (χ1v) is 7.25. The molecule has 0 aliphatic heterocycles. The third-order valence-corrected chi connectivity index (χ3v) is 4.94. The first kappa shape index (κ1) is 14.7. The maximum absolute atomic E-state index is 11.1. The van der Waals surface area contributed by atoms with Gasteiger partial charge in [0, 0.05) is 14.2 Å². The lowest BCUT2D eigenvalue weighted by molar-refractivity contribution is -0.146. The zero-order chi connectivity index (χ0) is 13.0. The van der Waals surface area contributed by atoms with E-state index in [9.17, 15) is 9.90 Å². The summed E-state index contributed by atoms with van der Waals surface area (Å²) in [4.78, 5) is 12.9. The molecule has 0 saturated heterocycles. The van der Waals surface area contributed by atoms with Gasteiger partial charge in [-0.25, -0.2) is 0 Å². The van der Waals surface area contributed by atoms with Crippen molar-refractivity contribution in [3.05, 3.63) is 20.3 Å². The number of aliphatic carboxylic acids is 1. The SMILES string of the molecule is CCCCC(C(=O)O)C(O)c1cc(Br)c(C)s1. The molecule has 1 aromatic heterocycles. The number of unbranched alkanes of at least 4 members (excludes halogenated alkanes) is 1. The molecule has 2 atom stereocenters. The molecule has 0 spiro atoms. The molecule has 2 unspecified atom stereocenters. The minimum absolute atomic E-state index is 0.515. The van der Waals surface area contributed by atoms with Crippen molar-refractivity contribution in [3.63, 3.8) is 0 Å². The van der Waals surface area contributed by atoms with Crippen LogP contribution in [-0.2, 0) is 4.79 Å². The number of hydrogen-bond acceptors (Lipinski definition) is 3. The zero-order valence-electron chi connectivity index (χ0n) is 9.94. The largest absolute Gasteiger partial charge is 0.481 e. The molecule has 1 rings (SSSR count). The molecule has 0 radical (unpaired) electrons. The average molecular weight is 321 g/mol. The van der Waals surface area contributed by atoms with Crippen LogP contribution in [0.2, 0.25) is 0 Å². The van der Waals surface area contributed by atoms with Gasteiger partial charge in [-0.1, -0.05) is 19.8 Å². The monoisotopic (exact) mass is 320 g/mol. The van der Waals surface area contributed by atoms with E-state index in [1.807, 2.05) is 19.9 Å². The molecule has 5 heteroatoms. The molecular formula is C12H17BrO3S. The van der Waals surface area contributed by atoms with Crippen LogP contribution in [0.25, 0.3) is 0 Å². The van der Waals surface area contributed by atoms with Gasteiger partial charge in [0.05, 0.1) is 5.92 Å². The third kappa shape index (κ3) is 3.79. The molecule has 0 bridgehead atoms.